The maximum absolute atomic E-state index is 3.77. The molecule has 2 aliphatic rings. The minimum absolute atomic E-state index is 0.739. The summed E-state index contributed by atoms with van der Waals surface area (Å²) in [6, 6.07) is 7.46. The van der Waals surface area contributed by atoms with Crippen LogP contribution in [0.3, 0.4) is 0 Å². The van der Waals surface area contributed by atoms with E-state index in [4.69, 9.17) is 0 Å². The molecule has 1 atom stereocenters. The van der Waals surface area contributed by atoms with Gasteiger partial charge in [-0.05, 0) is 48.8 Å². The van der Waals surface area contributed by atoms with Crippen LogP contribution in [0.15, 0.2) is 22.7 Å². The standard InChI is InChI=1S/C15H20BrN/c16-15-7-3-6-13-11(8-9-14(13)15)10-17-12-4-1-2-5-12/h3,6-7,11-12,17H,1-2,4-5,8-10H2. The largest absolute Gasteiger partial charge is 0.313 e. The van der Waals surface area contributed by atoms with Gasteiger partial charge in [-0.3, -0.25) is 0 Å². The van der Waals surface area contributed by atoms with E-state index in [1.54, 1.807) is 11.1 Å². The van der Waals surface area contributed by atoms with E-state index in [2.05, 4.69) is 39.4 Å². The molecular weight excluding hydrogens is 274 g/mol. The molecule has 1 nitrogen and oxygen atoms in total. The summed E-state index contributed by atoms with van der Waals surface area (Å²) in [4.78, 5) is 0. The molecule has 92 valence electrons. The van der Waals surface area contributed by atoms with Crippen LogP contribution in [0.1, 0.15) is 49.1 Å². The van der Waals surface area contributed by atoms with Crippen LogP contribution in [-0.2, 0) is 6.42 Å². The Kier molecular flexibility index (Phi) is 3.53. The molecule has 1 unspecified atom stereocenters. The van der Waals surface area contributed by atoms with E-state index in [1.807, 2.05) is 0 Å². The minimum Gasteiger partial charge on any atom is -0.313 e. The fourth-order valence-electron chi connectivity index (χ4n) is 3.35. The van der Waals surface area contributed by atoms with Crippen molar-refractivity contribution < 1.29 is 0 Å². The Morgan fingerprint density at radius 2 is 2.00 bits per heavy atom. The monoisotopic (exact) mass is 293 g/mol. The molecule has 0 aliphatic heterocycles. The fourth-order valence-corrected chi connectivity index (χ4v) is 3.93. The van der Waals surface area contributed by atoms with Gasteiger partial charge in [-0.1, -0.05) is 40.9 Å². The summed E-state index contributed by atoms with van der Waals surface area (Å²) in [6.07, 6.45) is 8.18. The third kappa shape index (κ3) is 2.43. The van der Waals surface area contributed by atoms with Crippen LogP contribution in [0, 0.1) is 0 Å². The molecule has 0 radical (unpaired) electrons. The lowest BCUT2D eigenvalue weighted by Gasteiger charge is -2.17. The van der Waals surface area contributed by atoms with Gasteiger partial charge in [0, 0.05) is 17.1 Å². The Bertz CT molecular complexity index is 396. The third-order valence-electron chi connectivity index (χ3n) is 4.35. The number of rotatable bonds is 3. The molecule has 3 rings (SSSR count). The van der Waals surface area contributed by atoms with Crippen molar-refractivity contribution in [3.05, 3.63) is 33.8 Å². The number of hydrogen-bond donors (Lipinski definition) is 1. The lowest BCUT2D eigenvalue weighted by atomic mass is 10.0. The van der Waals surface area contributed by atoms with E-state index in [1.165, 1.54) is 49.5 Å². The van der Waals surface area contributed by atoms with Crippen molar-refractivity contribution in [3.63, 3.8) is 0 Å². The SMILES string of the molecule is Brc1cccc2c1CCC2CNC1CCCC1. The van der Waals surface area contributed by atoms with Crippen LogP contribution >= 0.6 is 15.9 Å². The topological polar surface area (TPSA) is 12.0 Å². The summed E-state index contributed by atoms with van der Waals surface area (Å²) in [5, 5.41) is 3.77. The number of hydrogen-bond acceptors (Lipinski definition) is 1. The van der Waals surface area contributed by atoms with Gasteiger partial charge in [0.05, 0.1) is 0 Å². The summed E-state index contributed by atoms with van der Waals surface area (Å²) in [7, 11) is 0. The molecular formula is C15H20BrN. The first-order chi connectivity index (χ1) is 8.34. The third-order valence-corrected chi connectivity index (χ3v) is 5.09. The highest BCUT2D eigenvalue weighted by Crippen LogP contribution is 2.36. The highest BCUT2D eigenvalue weighted by Gasteiger charge is 2.25. The average molecular weight is 294 g/mol. The zero-order valence-corrected chi connectivity index (χ0v) is 11.8. The molecule has 1 saturated carbocycles. The predicted molar refractivity (Wildman–Crippen MR) is 75.5 cm³/mol. The first-order valence-corrected chi connectivity index (χ1v) is 7.64. The van der Waals surface area contributed by atoms with E-state index in [-0.39, 0.29) is 0 Å². The number of halogens is 1. The second-order valence-electron chi connectivity index (χ2n) is 5.43. The van der Waals surface area contributed by atoms with Gasteiger partial charge < -0.3 is 5.32 Å². The molecule has 0 saturated heterocycles. The van der Waals surface area contributed by atoms with E-state index in [9.17, 15) is 0 Å². The summed E-state index contributed by atoms with van der Waals surface area (Å²) >= 11 is 3.67. The molecule has 1 aromatic carbocycles. The van der Waals surface area contributed by atoms with Gasteiger partial charge in [0.25, 0.3) is 0 Å². The Labute approximate surface area is 112 Å². The van der Waals surface area contributed by atoms with Crippen LogP contribution in [0.2, 0.25) is 0 Å². The summed E-state index contributed by atoms with van der Waals surface area (Å²) < 4.78 is 1.30. The smallest absolute Gasteiger partial charge is 0.0210 e. The molecule has 1 N–H and O–H groups in total. The minimum atomic E-state index is 0.739. The van der Waals surface area contributed by atoms with E-state index in [0.717, 1.165) is 12.0 Å². The first kappa shape index (κ1) is 11.7. The molecule has 0 bridgehead atoms. The van der Waals surface area contributed by atoms with Crippen molar-refractivity contribution in [2.45, 2.75) is 50.5 Å². The van der Waals surface area contributed by atoms with Gasteiger partial charge in [0.2, 0.25) is 0 Å². The average Bonchev–Trinajstić information content (AvgIpc) is 2.95. The molecule has 1 fully saturated rings. The lowest BCUT2D eigenvalue weighted by molar-refractivity contribution is 0.486. The van der Waals surface area contributed by atoms with Gasteiger partial charge in [0.15, 0.2) is 0 Å². The van der Waals surface area contributed by atoms with Crippen molar-refractivity contribution >= 4 is 15.9 Å². The fraction of sp³-hybridized carbons (Fsp3) is 0.600. The number of benzene rings is 1. The zero-order valence-electron chi connectivity index (χ0n) is 10.2. The van der Waals surface area contributed by atoms with Crippen molar-refractivity contribution in [3.8, 4) is 0 Å². The number of nitrogens with one attached hydrogen (secondary N) is 1. The van der Waals surface area contributed by atoms with Crippen LogP contribution < -0.4 is 5.32 Å². The normalized spacial score (nSPS) is 24.2. The summed E-state index contributed by atoms with van der Waals surface area (Å²) in [5.41, 5.74) is 3.12. The Hall–Kier alpha value is -0.340. The Morgan fingerprint density at radius 1 is 1.18 bits per heavy atom. The highest BCUT2D eigenvalue weighted by atomic mass is 79.9. The Morgan fingerprint density at radius 3 is 2.82 bits per heavy atom. The van der Waals surface area contributed by atoms with Gasteiger partial charge >= 0.3 is 0 Å². The second kappa shape index (κ2) is 5.11. The van der Waals surface area contributed by atoms with Gasteiger partial charge in [-0.2, -0.15) is 0 Å². The van der Waals surface area contributed by atoms with E-state index >= 15 is 0 Å². The summed E-state index contributed by atoms with van der Waals surface area (Å²) in [6.45, 7) is 1.17. The second-order valence-corrected chi connectivity index (χ2v) is 6.29. The van der Waals surface area contributed by atoms with E-state index in [0.29, 0.717) is 0 Å². The van der Waals surface area contributed by atoms with Crippen LogP contribution in [-0.4, -0.2) is 12.6 Å². The molecule has 0 amide bonds. The molecule has 0 heterocycles. The van der Waals surface area contributed by atoms with Gasteiger partial charge in [0.1, 0.15) is 0 Å². The molecule has 0 aromatic heterocycles. The molecule has 2 heteroatoms. The molecule has 0 spiro atoms. The lowest BCUT2D eigenvalue weighted by Crippen LogP contribution is -2.29. The molecule has 1 aromatic rings. The van der Waals surface area contributed by atoms with Crippen LogP contribution in [0.5, 0.6) is 0 Å². The molecule has 2 aliphatic carbocycles. The first-order valence-electron chi connectivity index (χ1n) is 6.85. The number of fused-ring (bicyclic) bond motifs is 1. The van der Waals surface area contributed by atoms with Gasteiger partial charge in [-0.25, -0.2) is 0 Å². The molecule has 17 heavy (non-hydrogen) atoms. The maximum atomic E-state index is 3.77. The highest BCUT2D eigenvalue weighted by molar-refractivity contribution is 9.10. The maximum Gasteiger partial charge on any atom is 0.0210 e. The van der Waals surface area contributed by atoms with Crippen LogP contribution in [0.25, 0.3) is 0 Å². The van der Waals surface area contributed by atoms with Crippen molar-refractivity contribution in [2.24, 2.45) is 0 Å². The van der Waals surface area contributed by atoms with E-state index < -0.39 is 0 Å². The zero-order chi connectivity index (χ0) is 11.7. The van der Waals surface area contributed by atoms with Crippen molar-refractivity contribution in [2.75, 3.05) is 6.54 Å². The quantitative estimate of drug-likeness (QED) is 0.888. The van der Waals surface area contributed by atoms with Crippen LogP contribution in [0.4, 0.5) is 0 Å². The predicted octanol–water partition coefficient (Wildman–Crippen LogP) is 4.01. The van der Waals surface area contributed by atoms with Crippen molar-refractivity contribution in [1.29, 1.82) is 0 Å². The Balaban J connectivity index is 1.65. The summed E-state index contributed by atoms with van der Waals surface area (Å²) in [5.74, 6) is 0.739. The van der Waals surface area contributed by atoms with Gasteiger partial charge in [-0.15, -0.1) is 0 Å². The van der Waals surface area contributed by atoms with Crippen molar-refractivity contribution in [1.82, 2.24) is 5.32 Å².